The van der Waals surface area contributed by atoms with Gasteiger partial charge in [-0.15, -0.1) is 24.6 Å². The van der Waals surface area contributed by atoms with E-state index >= 15 is 0 Å². The number of hydrogen-bond donors (Lipinski definition) is 1. The van der Waals surface area contributed by atoms with Crippen LogP contribution in [0.1, 0.15) is 13.8 Å². The number of carbonyl (C=O) groups excluding carboxylic acids is 1. The van der Waals surface area contributed by atoms with Gasteiger partial charge in [-0.2, -0.15) is 0 Å². The van der Waals surface area contributed by atoms with Crippen LogP contribution in [-0.4, -0.2) is 12.2 Å². The quantitative estimate of drug-likeness (QED) is 0.431. The second-order valence-electron chi connectivity index (χ2n) is 5.01. The molecule has 2 nitrogen and oxygen atoms in total. The Labute approximate surface area is 167 Å². The first-order valence-electron chi connectivity index (χ1n) is 7.34. The van der Waals surface area contributed by atoms with E-state index in [1.54, 1.807) is 11.8 Å². The molecule has 0 aliphatic carbocycles. The van der Waals surface area contributed by atoms with Crippen LogP contribution in [0.4, 0.5) is 5.69 Å². The molecular formula is C20H19BrClNOS. The van der Waals surface area contributed by atoms with Gasteiger partial charge in [0.15, 0.2) is 0 Å². The minimum atomic E-state index is -0.0995. The van der Waals surface area contributed by atoms with E-state index in [2.05, 4.69) is 34.1 Å². The van der Waals surface area contributed by atoms with Gasteiger partial charge in [-0.1, -0.05) is 51.8 Å². The first kappa shape index (κ1) is 21.4. The number of benzene rings is 2. The van der Waals surface area contributed by atoms with E-state index < -0.39 is 0 Å². The summed E-state index contributed by atoms with van der Waals surface area (Å²) in [6.45, 7) is 3.77. The van der Waals surface area contributed by atoms with Crippen LogP contribution in [0.2, 0.25) is 5.02 Å². The molecule has 0 unspecified atom stereocenters. The molecule has 130 valence electrons. The van der Waals surface area contributed by atoms with Crippen molar-refractivity contribution in [3.8, 4) is 24.0 Å². The molecule has 0 radical (unpaired) electrons. The zero-order chi connectivity index (χ0) is 19.0. The van der Waals surface area contributed by atoms with Crippen molar-refractivity contribution in [2.45, 2.75) is 13.8 Å². The lowest BCUT2D eigenvalue weighted by Crippen LogP contribution is -2.14. The third-order valence-corrected chi connectivity index (χ3v) is 5.30. The molecular weight excluding hydrogens is 418 g/mol. The summed E-state index contributed by atoms with van der Waals surface area (Å²) in [6, 6.07) is 13.4. The first-order valence-corrected chi connectivity index (χ1v) is 9.74. The lowest BCUT2D eigenvalue weighted by atomic mass is 10.0. The van der Waals surface area contributed by atoms with Gasteiger partial charge in [0.05, 0.1) is 0 Å². The molecule has 0 atom stereocenters. The molecule has 2 aromatic carbocycles. The highest BCUT2D eigenvalue weighted by molar-refractivity contribution is 9.10. The number of hydrogen-bond acceptors (Lipinski definition) is 2. The van der Waals surface area contributed by atoms with E-state index in [1.807, 2.05) is 62.6 Å². The largest absolute Gasteiger partial charge is 0.322 e. The minimum Gasteiger partial charge on any atom is -0.322 e. The molecule has 0 aliphatic heterocycles. The van der Waals surface area contributed by atoms with Crippen LogP contribution in [0.3, 0.4) is 0 Å². The average molecular weight is 437 g/mol. The molecule has 0 spiro atoms. The number of terminal acetylenes is 1. The van der Waals surface area contributed by atoms with Gasteiger partial charge in [0.2, 0.25) is 0 Å². The van der Waals surface area contributed by atoms with Gasteiger partial charge in [-0.05, 0) is 43.2 Å². The van der Waals surface area contributed by atoms with E-state index in [0.717, 1.165) is 26.2 Å². The lowest BCUT2D eigenvalue weighted by Gasteiger charge is -2.13. The monoisotopic (exact) mass is 435 g/mol. The normalized spacial score (nSPS) is 11.0. The molecule has 0 fully saturated rings. The fourth-order valence-corrected chi connectivity index (χ4v) is 3.24. The molecule has 0 aromatic heterocycles. The summed E-state index contributed by atoms with van der Waals surface area (Å²) < 4.78 is 0.919. The Morgan fingerprint density at radius 1 is 1.12 bits per heavy atom. The number of anilines is 1. The fourth-order valence-electron chi connectivity index (χ4n) is 2.06. The van der Waals surface area contributed by atoms with Gasteiger partial charge in [0.25, 0.3) is 5.91 Å². The summed E-state index contributed by atoms with van der Waals surface area (Å²) in [6.07, 6.45) is 9.96. The fraction of sp³-hybridized carbons (Fsp3) is 0.150. The van der Waals surface area contributed by atoms with E-state index in [1.165, 1.54) is 0 Å². The third-order valence-electron chi connectivity index (χ3n) is 3.57. The van der Waals surface area contributed by atoms with Crippen LogP contribution in [0, 0.1) is 12.8 Å². The van der Waals surface area contributed by atoms with Crippen molar-refractivity contribution in [1.82, 2.24) is 0 Å². The number of halogens is 2. The van der Waals surface area contributed by atoms with Crippen molar-refractivity contribution in [2.24, 2.45) is 0 Å². The highest BCUT2D eigenvalue weighted by Gasteiger charge is 2.13. The highest BCUT2D eigenvalue weighted by atomic mass is 79.9. The average Bonchev–Trinajstić information content (AvgIpc) is 2.63. The van der Waals surface area contributed by atoms with Crippen molar-refractivity contribution in [1.29, 1.82) is 0 Å². The topological polar surface area (TPSA) is 29.1 Å². The van der Waals surface area contributed by atoms with Crippen molar-refractivity contribution >= 4 is 50.9 Å². The molecule has 1 amide bonds. The van der Waals surface area contributed by atoms with Crippen molar-refractivity contribution in [2.75, 3.05) is 11.6 Å². The Kier molecular flexibility index (Phi) is 8.85. The Bertz CT molecular complexity index is 814. The van der Waals surface area contributed by atoms with Gasteiger partial charge >= 0.3 is 0 Å². The van der Waals surface area contributed by atoms with Gasteiger partial charge in [0, 0.05) is 31.9 Å². The van der Waals surface area contributed by atoms with Gasteiger partial charge in [-0.25, -0.2) is 0 Å². The number of thioether (sulfide) groups is 1. The van der Waals surface area contributed by atoms with Crippen LogP contribution >= 0.6 is 39.3 Å². The molecule has 5 heteroatoms. The van der Waals surface area contributed by atoms with E-state index in [4.69, 9.17) is 11.6 Å². The third kappa shape index (κ3) is 5.67. The summed E-state index contributed by atoms with van der Waals surface area (Å²) in [7, 11) is 0. The summed E-state index contributed by atoms with van der Waals surface area (Å²) in [4.78, 5) is 13.4. The number of rotatable bonds is 4. The maximum absolute atomic E-state index is 12.4. The lowest BCUT2D eigenvalue weighted by molar-refractivity contribution is -0.112. The molecule has 0 aliphatic rings. The molecule has 0 bridgehead atoms. The van der Waals surface area contributed by atoms with Gasteiger partial charge in [-0.3, -0.25) is 4.79 Å². The smallest absolute Gasteiger partial charge is 0.252 e. The van der Waals surface area contributed by atoms with Gasteiger partial charge < -0.3 is 5.32 Å². The van der Waals surface area contributed by atoms with E-state index in [9.17, 15) is 4.79 Å². The Morgan fingerprint density at radius 2 is 1.76 bits per heavy atom. The molecule has 1 N–H and O–H groups in total. The summed E-state index contributed by atoms with van der Waals surface area (Å²) in [5.74, 6) is -0.0995. The van der Waals surface area contributed by atoms with Gasteiger partial charge in [0.1, 0.15) is 0 Å². The SMILES string of the molecule is C#C.CS/C(C)=C(\C)C(=O)Nc1ccccc1-c1ccc(Br)cc1Cl. The number of allylic oxidation sites excluding steroid dienone is 1. The molecule has 0 saturated carbocycles. The van der Waals surface area contributed by atoms with Crippen molar-refractivity contribution < 1.29 is 4.79 Å². The molecule has 2 rings (SSSR count). The van der Waals surface area contributed by atoms with Crippen LogP contribution in [0.15, 0.2) is 57.4 Å². The van der Waals surface area contributed by atoms with E-state index in [-0.39, 0.29) is 5.91 Å². The molecule has 2 aromatic rings. The summed E-state index contributed by atoms with van der Waals surface area (Å²) in [5, 5.41) is 3.62. The predicted molar refractivity (Wildman–Crippen MR) is 115 cm³/mol. The first-order chi connectivity index (χ1) is 11.9. The predicted octanol–water partition coefficient (Wildman–Crippen LogP) is 6.61. The number of para-hydroxylation sites is 1. The Morgan fingerprint density at radius 3 is 2.36 bits per heavy atom. The second kappa shape index (κ2) is 10.4. The molecule has 0 saturated heterocycles. The highest BCUT2D eigenvalue weighted by Crippen LogP contribution is 2.35. The van der Waals surface area contributed by atoms with E-state index in [0.29, 0.717) is 10.6 Å². The molecule has 25 heavy (non-hydrogen) atoms. The zero-order valence-corrected chi connectivity index (χ0v) is 17.4. The Balaban J connectivity index is 0.00000151. The maximum Gasteiger partial charge on any atom is 0.252 e. The second-order valence-corrected chi connectivity index (χ2v) is 7.35. The van der Waals surface area contributed by atoms with Crippen LogP contribution in [0.25, 0.3) is 11.1 Å². The van der Waals surface area contributed by atoms with Crippen LogP contribution in [0.5, 0.6) is 0 Å². The van der Waals surface area contributed by atoms with Crippen molar-refractivity contribution in [3.05, 3.63) is 62.4 Å². The minimum absolute atomic E-state index is 0.0995. The zero-order valence-electron chi connectivity index (χ0n) is 14.3. The van der Waals surface area contributed by atoms with Crippen molar-refractivity contribution in [3.63, 3.8) is 0 Å². The maximum atomic E-state index is 12.4. The van der Waals surface area contributed by atoms with Crippen LogP contribution < -0.4 is 5.32 Å². The number of carbonyl (C=O) groups is 1. The molecule has 0 heterocycles. The Hall–Kier alpha value is -1.67. The number of nitrogens with one attached hydrogen (secondary N) is 1. The van der Waals surface area contributed by atoms with Crippen LogP contribution in [-0.2, 0) is 4.79 Å². The number of amides is 1. The summed E-state index contributed by atoms with van der Waals surface area (Å²) >= 11 is 11.3. The standard InChI is InChI=1S/C18H17BrClNOS.C2H2/c1-11(12(2)23-3)18(22)21-17-7-5-4-6-15(17)14-9-8-13(19)10-16(14)20;1-2/h4-10H,1-3H3,(H,21,22);1-2H/b12-11+;. The summed E-state index contributed by atoms with van der Waals surface area (Å²) in [5.41, 5.74) is 3.24.